The van der Waals surface area contributed by atoms with Gasteiger partial charge >= 0.3 is 5.97 Å². The zero-order chi connectivity index (χ0) is 12.7. The van der Waals surface area contributed by atoms with Gasteiger partial charge in [-0.1, -0.05) is 6.42 Å². The van der Waals surface area contributed by atoms with E-state index in [9.17, 15) is 9.59 Å². The topological polar surface area (TPSA) is 83.6 Å². The van der Waals surface area contributed by atoms with E-state index in [1.807, 2.05) is 0 Å². The Morgan fingerprint density at radius 1 is 1.24 bits per heavy atom. The van der Waals surface area contributed by atoms with Gasteiger partial charge in [0.2, 0.25) is 5.91 Å². The van der Waals surface area contributed by atoms with Crippen LogP contribution in [-0.2, 0) is 9.59 Å². The average Bonchev–Trinajstić information content (AvgIpc) is 2.34. The summed E-state index contributed by atoms with van der Waals surface area (Å²) in [5, 5.41) is 9.06. The first-order valence-electron chi connectivity index (χ1n) is 6.39. The van der Waals surface area contributed by atoms with Gasteiger partial charge in [-0.2, -0.15) is 0 Å². The number of aliphatic carboxylic acids is 1. The normalized spacial score (nSPS) is 20.3. The van der Waals surface area contributed by atoms with E-state index in [4.69, 9.17) is 10.8 Å². The summed E-state index contributed by atoms with van der Waals surface area (Å²) in [7, 11) is 0. The standard InChI is InChI=1S/C12H22N2O3/c13-8-4-1-2-7-11(15)14-9-5-3-6-10(14)12(16)17/h10H,1-9,13H2,(H,16,17)/t10-/m0/s1. The Kier molecular flexibility index (Phi) is 5.97. The average molecular weight is 242 g/mol. The Labute approximate surface area is 102 Å². The van der Waals surface area contributed by atoms with Gasteiger partial charge in [-0.25, -0.2) is 4.79 Å². The second-order valence-electron chi connectivity index (χ2n) is 4.54. The van der Waals surface area contributed by atoms with E-state index in [0.717, 1.165) is 32.1 Å². The lowest BCUT2D eigenvalue weighted by Crippen LogP contribution is -2.47. The summed E-state index contributed by atoms with van der Waals surface area (Å²) in [6, 6.07) is -0.606. The number of likely N-dealkylation sites (tertiary alicyclic amines) is 1. The Bertz CT molecular complexity index is 268. The lowest BCUT2D eigenvalue weighted by molar-refractivity contribution is -0.152. The van der Waals surface area contributed by atoms with E-state index in [0.29, 0.717) is 25.9 Å². The molecule has 0 bridgehead atoms. The van der Waals surface area contributed by atoms with Crippen LogP contribution in [0.25, 0.3) is 0 Å². The number of amides is 1. The highest BCUT2D eigenvalue weighted by Gasteiger charge is 2.31. The zero-order valence-electron chi connectivity index (χ0n) is 10.2. The smallest absolute Gasteiger partial charge is 0.326 e. The highest BCUT2D eigenvalue weighted by molar-refractivity contribution is 5.83. The number of piperidine rings is 1. The Balaban J connectivity index is 2.39. The molecule has 1 rings (SSSR count). The molecule has 1 atom stereocenters. The summed E-state index contributed by atoms with van der Waals surface area (Å²) in [5.41, 5.74) is 5.38. The summed E-state index contributed by atoms with van der Waals surface area (Å²) in [4.78, 5) is 24.5. The highest BCUT2D eigenvalue weighted by atomic mass is 16.4. The number of carbonyl (C=O) groups is 2. The van der Waals surface area contributed by atoms with Crippen LogP contribution in [0.1, 0.15) is 44.9 Å². The molecule has 5 heteroatoms. The first-order chi connectivity index (χ1) is 8.16. The molecule has 0 spiro atoms. The molecular formula is C12H22N2O3. The van der Waals surface area contributed by atoms with E-state index >= 15 is 0 Å². The molecule has 1 fully saturated rings. The van der Waals surface area contributed by atoms with Gasteiger partial charge in [-0.3, -0.25) is 4.79 Å². The maximum absolute atomic E-state index is 11.9. The van der Waals surface area contributed by atoms with E-state index in [-0.39, 0.29) is 5.91 Å². The van der Waals surface area contributed by atoms with E-state index in [1.165, 1.54) is 4.90 Å². The van der Waals surface area contributed by atoms with E-state index in [2.05, 4.69) is 0 Å². The van der Waals surface area contributed by atoms with Crippen LogP contribution in [0, 0.1) is 0 Å². The zero-order valence-corrected chi connectivity index (χ0v) is 10.2. The molecule has 0 aromatic heterocycles. The third-order valence-corrected chi connectivity index (χ3v) is 3.20. The molecule has 1 aliphatic rings. The first-order valence-corrected chi connectivity index (χ1v) is 6.39. The van der Waals surface area contributed by atoms with Crippen LogP contribution in [0.5, 0.6) is 0 Å². The van der Waals surface area contributed by atoms with Gasteiger partial charge in [0.1, 0.15) is 6.04 Å². The second kappa shape index (κ2) is 7.27. The molecule has 98 valence electrons. The minimum absolute atomic E-state index is 0.0193. The molecule has 1 amide bonds. The lowest BCUT2D eigenvalue weighted by atomic mass is 10.0. The van der Waals surface area contributed by atoms with Crippen molar-refractivity contribution in [1.29, 1.82) is 0 Å². The van der Waals surface area contributed by atoms with E-state index < -0.39 is 12.0 Å². The van der Waals surface area contributed by atoms with Crippen LogP contribution in [-0.4, -0.2) is 41.0 Å². The largest absolute Gasteiger partial charge is 0.480 e. The fraction of sp³-hybridized carbons (Fsp3) is 0.833. The van der Waals surface area contributed by atoms with Crippen LogP contribution in [0.2, 0.25) is 0 Å². The predicted octanol–water partition coefficient (Wildman–Crippen LogP) is 0.971. The first kappa shape index (κ1) is 14.0. The number of carbonyl (C=O) groups excluding carboxylic acids is 1. The van der Waals surface area contributed by atoms with Crippen LogP contribution < -0.4 is 5.73 Å². The molecule has 0 aliphatic carbocycles. The number of unbranched alkanes of at least 4 members (excludes halogenated alkanes) is 2. The molecule has 0 unspecified atom stereocenters. The van der Waals surface area contributed by atoms with Gasteiger partial charge in [-0.15, -0.1) is 0 Å². The van der Waals surface area contributed by atoms with Crippen LogP contribution in [0.4, 0.5) is 0 Å². The van der Waals surface area contributed by atoms with Crippen LogP contribution in [0.3, 0.4) is 0 Å². The van der Waals surface area contributed by atoms with Crippen molar-refractivity contribution in [3.05, 3.63) is 0 Å². The minimum Gasteiger partial charge on any atom is -0.480 e. The van der Waals surface area contributed by atoms with Crippen molar-refractivity contribution in [3.63, 3.8) is 0 Å². The van der Waals surface area contributed by atoms with Crippen molar-refractivity contribution in [3.8, 4) is 0 Å². The van der Waals surface area contributed by atoms with E-state index in [1.54, 1.807) is 0 Å². The van der Waals surface area contributed by atoms with Crippen molar-refractivity contribution in [1.82, 2.24) is 4.90 Å². The highest BCUT2D eigenvalue weighted by Crippen LogP contribution is 2.19. The molecule has 0 saturated carbocycles. The third-order valence-electron chi connectivity index (χ3n) is 3.20. The Morgan fingerprint density at radius 3 is 2.65 bits per heavy atom. The molecule has 5 nitrogen and oxygen atoms in total. The lowest BCUT2D eigenvalue weighted by Gasteiger charge is -2.33. The Morgan fingerprint density at radius 2 is 2.00 bits per heavy atom. The van der Waals surface area contributed by atoms with Crippen LogP contribution >= 0.6 is 0 Å². The summed E-state index contributed by atoms with van der Waals surface area (Å²) in [6.07, 6.45) is 5.52. The number of hydrogen-bond donors (Lipinski definition) is 2. The Hall–Kier alpha value is -1.10. The molecule has 0 aromatic rings. The number of nitrogens with zero attached hydrogens (tertiary/aromatic N) is 1. The minimum atomic E-state index is -0.875. The van der Waals surface area contributed by atoms with Gasteiger partial charge in [0.05, 0.1) is 0 Å². The molecular weight excluding hydrogens is 220 g/mol. The molecule has 1 saturated heterocycles. The van der Waals surface area contributed by atoms with Crippen molar-refractivity contribution in [2.24, 2.45) is 5.73 Å². The monoisotopic (exact) mass is 242 g/mol. The van der Waals surface area contributed by atoms with Crippen LogP contribution in [0.15, 0.2) is 0 Å². The number of carboxylic acids is 1. The molecule has 17 heavy (non-hydrogen) atoms. The van der Waals surface area contributed by atoms with Gasteiger partial charge in [0.25, 0.3) is 0 Å². The summed E-state index contributed by atoms with van der Waals surface area (Å²) in [5.74, 6) is -0.894. The second-order valence-corrected chi connectivity index (χ2v) is 4.54. The van der Waals surface area contributed by atoms with Gasteiger partial charge in [0.15, 0.2) is 0 Å². The summed E-state index contributed by atoms with van der Waals surface area (Å²) in [6.45, 7) is 1.24. The SMILES string of the molecule is NCCCCCC(=O)N1CCCC[C@H]1C(=O)O. The molecule has 0 radical (unpaired) electrons. The van der Waals surface area contributed by atoms with Gasteiger partial charge in [0, 0.05) is 13.0 Å². The van der Waals surface area contributed by atoms with Gasteiger partial charge < -0.3 is 15.7 Å². The van der Waals surface area contributed by atoms with Crippen molar-refractivity contribution >= 4 is 11.9 Å². The van der Waals surface area contributed by atoms with Crippen molar-refractivity contribution in [2.75, 3.05) is 13.1 Å². The van der Waals surface area contributed by atoms with Gasteiger partial charge in [-0.05, 0) is 38.6 Å². The number of carboxylic acid groups (broad SMARTS) is 1. The maximum atomic E-state index is 11.9. The third kappa shape index (κ3) is 4.34. The number of nitrogens with two attached hydrogens (primary N) is 1. The number of rotatable bonds is 6. The van der Waals surface area contributed by atoms with Crippen molar-refractivity contribution < 1.29 is 14.7 Å². The number of hydrogen-bond acceptors (Lipinski definition) is 3. The maximum Gasteiger partial charge on any atom is 0.326 e. The molecule has 0 aromatic carbocycles. The van der Waals surface area contributed by atoms with Crippen molar-refractivity contribution in [2.45, 2.75) is 51.0 Å². The summed E-state index contributed by atoms with van der Waals surface area (Å²) < 4.78 is 0. The molecule has 1 heterocycles. The molecule has 1 aliphatic heterocycles. The fourth-order valence-electron chi connectivity index (χ4n) is 2.23. The predicted molar refractivity (Wildman–Crippen MR) is 64.5 cm³/mol. The summed E-state index contributed by atoms with van der Waals surface area (Å²) >= 11 is 0. The fourth-order valence-corrected chi connectivity index (χ4v) is 2.23. The molecule has 3 N–H and O–H groups in total. The quantitative estimate of drug-likeness (QED) is 0.680.